The van der Waals surface area contributed by atoms with Crippen LogP contribution in [0, 0.1) is 0 Å². The number of carbonyl (C=O) groups excluding carboxylic acids is 1. The van der Waals surface area contributed by atoms with Gasteiger partial charge in [0.1, 0.15) is 0 Å². The van der Waals surface area contributed by atoms with Gasteiger partial charge in [-0.25, -0.2) is 4.79 Å². The van der Waals surface area contributed by atoms with Gasteiger partial charge in [-0.1, -0.05) is 180 Å². The van der Waals surface area contributed by atoms with Crippen molar-refractivity contribution >= 4 is 6.09 Å². The fraction of sp³-hybridized carbons (Fsp3) is 0.970. The summed E-state index contributed by atoms with van der Waals surface area (Å²) < 4.78 is 4.85. The Bertz CT molecular complexity index is 412. The molecule has 0 aromatic rings. The third-order valence-corrected chi connectivity index (χ3v) is 7.58. The van der Waals surface area contributed by atoms with Crippen LogP contribution in [0.15, 0.2) is 0 Å². The van der Waals surface area contributed by atoms with Crippen LogP contribution in [0.2, 0.25) is 0 Å². The average molecular weight is 510 g/mol. The van der Waals surface area contributed by atoms with Crippen molar-refractivity contribution in [2.24, 2.45) is 0 Å². The molecule has 0 aliphatic rings. The van der Waals surface area contributed by atoms with Crippen LogP contribution in [0.4, 0.5) is 4.79 Å². The summed E-state index contributed by atoms with van der Waals surface area (Å²) in [5.41, 5.74) is 0. The number of alkyl carbamates (subject to hydrolysis) is 1. The maximum atomic E-state index is 11.2. The van der Waals surface area contributed by atoms with Crippen molar-refractivity contribution in [2.45, 2.75) is 194 Å². The van der Waals surface area contributed by atoms with Crippen LogP contribution in [0.5, 0.6) is 0 Å². The molecule has 0 heterocycles. The summed E-state index contributed by atoms with van der Waals surface area (Å²) in [4.78, 5) is 11.2. The molecule has 0 radical (unpaired) electrons. The minimum atomic E-state index is -0.275. The van der Waals surface area contributed by atoms with Crippen LogP contribution < -0.4 is 5.32 Å². The molecule has 0 fully saturated rings. The Labute approximate surface area is 227 Å². The quantitative estimate of drug-likeness (QED) is 0.0977. The van der Waals surface area contributed by atoms with E-state index in [4.69, 9.17) is 4.74 Å². The smallest absolute Gasteiger partial charge is 0.407 e. The van der Waals surface area contributed by atoms with E-state index in [1.807, 2.05) is 6.92 Å². The van der Waals surface area contributed by atoms with E-state index in [2.05, 4.69) is 12.2 Å². The van der Waals surface area contributed by atoms with Crippen LogP contribution >= 0.6 is 0 Å². The molecule has 0 atom stereocenters. The second kappa shape index (κ2) is 32.3. The lowest BCUT2D eigenvalue weighted by Crippen LogP contribution is -2.25. The predicted octanol–water partition coefficient (Wildman–Crippen LogP) is 11.7. The Morgan fingerprint density at radius 1 is 0.417 bits per heavy atom. The number of ether oxygens (including phenoxy) is 1. The van der Waals surface area contributed by atoms with Crippen LogP contribution in [0.25, 0.3) is 0 Å². The third kappa shape index (κ3) is 31.3. The van der Waals surface area contributed by atoms with Crippen molar-refractivity contribution in [2.75, 3.05) is 13.2 Å². The number of hydrogen-bond acceptors (Lipinski definition) is 2. The SMILES string of the molecule is CCCCCCCCCCCCCCCCCCCCCCCCCCCCCCNC(=O)OCC. The standard InChI is InChI=1S/C33H67NO2/c1-3-5-6-7-8-9-10-11-12-13-14-15-16-17-18-19-20-21-22-23-24-25-26-27-28-29-30-31-32-34-33(35)36-4-2/h3-32H2,1-2H3,(H,34,35). The van der Waals surface area contributed by atoms with E-state index in [1.165, 1.54) is 173 Å². The largest absolute Gasteiger partial charge is 0.450 e. The molecule has 0 aliphatic carbocycles. The summed E-state index contributed by atoms with van der Waals surface area (Å²) in [6.07, 6.45) is 39.5. The van der Waals surface area contributed by atoms with Crippen molar-refractivity contribution < 1.29 is 9.53 Å². The summed E-state index contributed by atoms with van der Waals surface area (Å²) in [5, 5.41) is 2.79. The number of rotatable bonds is 30. The van der Waals surface area contributed by atoms with Crippen LogP contribution in [-0.2, 0) is 4.74 Å². The van der Waals surface area contributed by atoms with Gasteiger partial charge >= 0.3 is 6.09 Å². The number of amides is 1. The lowest BCUT2D eigenvalue weighted by atomic mass is 10.0. The lowest BCUT2D eigenvalue weighted by Gasteiger charge is -2.05. The molecule has 3 nitrogen and oxygen atoms in total. The first-order chi connectivity index (χ1) is 17.8. The van der Waals surface area contributed by atoms with E-state index < -0.39 is 0 Å². The van der Waals surface area contributed by atoms with E-state index in [0.29, 0.717) is 6.61 Å². The lowest BCUT2D eigenvalue weighted by molar-refractivity contribution is 0.152. The molecular weight excluding hydrogens is 442 g/mol. The highest BCUT2D eigenvalue weighted by molar-refractivity contribution is 5.66. The Balaban J connectivity index is 3.04. The summed E-state index contributed by atoms with van der Waals surface area (Å²) in [7, 11) is 0. The van der Waals surface area contributed by atoms with Gasteiger partial charge in [0.05, 0.1) is 6.61 Å². The van der Waals surface area contributed by atoms with Crippen molar-refractivity contribution in [3.63, 3.8) is 0 Å². The molecule has 0 rings (SSSR count). The molecule has 36 heavy (non-hydrogen) atoms. The van der Waals surface area contributed by atoms with Crippen molar-refractivity contribution in [3.05, 3.63) is 0 Å². The Morgan fingerprint density at radius 2 is 0.667 bits per heavy atom. The normalized spacial score (nSPS) is 11.2. The first kappa shape index (κ1) is 35.3. The van der Waals surface area contributed by atoms with Gasteiger partial charge in [0.2, 0.25) is 0 Å². The van der Waals surface area contributed by atoms with Gasteiger partial charge in [0.25, 0.3) is 0 Å². The molecule has 0 saturated heterocycles. The highest BCUT2D eigenvalue weighted by Crippen LogP contribution is 2.16. The van der Waals surface area contributed by atoms with Gasteiger partial charge in [-0.15, -0.1) is 0 Å². The predicted molar refractivity (Wildman–Crippen MR) is 160 cm³/mol. The molecule has 216 valence electrons. The number of carbonyl (C=O) groups is 1. The molecule has 1 amide bonds. The molecule has 0 saturated carbocycles. The molecule has 0 unspecified atom stereocenters. The number of nitrogens with one attached hydrogen (secondary N) is 1. The van der Waals surface area contributed by atoms with Gasteiger partial charge in [0, 0.05) is 6.54 Å². The van der Waals surface area contributed by atoms with Gasteiger partial charge in [-0.2, -0.15) is 0 Å². The minimum Gasteiger partial charge on any atom is -0.450 e. The Kier molecular flexibility index (Phi) is 31.6. The van der Waals surface area contributed by atoms with Crippen molar-refractivity contribution in [1.29, 1.82) is 0 Å². The maximum absolute atomic E-state index is 11.2. The van der Waals surface area contributed by atoms with Crippen LogP contribution in [0.3, 0.4) is 0 Å². The van der Waals surface area contributed by atoms with Crippen molar-refractivity contribution in [3.8, 4) is 0 Å². The van der Waals surface area contributed by atoms with Crippen LogP contribution in [0.1, 0.15) is 194 Å². The summed E-state index contributed by atoms with van der Waals surface area (Å²) in [5.74, 6) is 0. The third-order valence-electron chi connectivity index (χ3n) is 7.58. The maximum Gasteiger partial charge on any atom is 0.407 e. The molecule has 0 aliphatic heterocycles. The number of unbranched alkanes of at least 4 members (excludes halogenated alkanes) is 27. The van der Waals surface area contributed by atoms with E-state index >= 15 is 0 Å². The van der Waals surface area contributed by atoms with E-state index in [0.717, 1.165) is 13.0 Å². The summed E-state index contributed by atoms with van der Waals surface area (Å²) >= 11 is 0. The Hall–Kier alpha value is -0.730. The highest BCUT2D eigenvalue weighted by atomic mass is 16.5. The summed E-state index contributed by atoms with van der Waals surface area (Å²) in [6.45, 7) is 5.33. The topological polar surface area (TPSA) is 38.3 Å². The molecular formula is C33H67NO2. The van der Waals surface area contributed by atoms with E-state index in [9.17, 15) is 4.79 Å². The molecule has 0 bridgehead atoms. The zero-order valence-corrected chi connectivity index (χ0v) is 25.0. The Morgan fingerprint density at radius 3 is 0.917 bits per heavy atom. The van der Waals surface area contributed by atoms with Gasteiger partial charge in [-0.05, 0) is 13.3 Å². The molecule has 1 N–H and O–H groups in total. The van der Waals surface area contributed by atoms with E-state index in [1.54, 1.807) is 0 Å². The minimum absolute atomic E-state index is 0.275. The molecule has 0 aromatic heterocycles. The second-order valence-corrected chi connectivity index (χ2v) is 11.2. The van der Waals surface area contributed by atoms with Gasteiger partial charge < -0.3 is 10.1 Å². The molecule has 0 spiro atoms. The monoisotopic (exact) mass is 510 g/mol. The zero-order valence-electron chi connectivity index (χ0n) is 25.0. The van der Waals surface area contributed by atoms with E-state index in [-0.39, 0.29) is 6.09 Å². The molecule has 0 aromatic carbocycles. The van der Waals surface area contributed by atoms with Crippen molar-refractivity contribution in [1.82, 2.24) is 5.32 Å². The second-order valence-electron chi connectivity index (χ2n) is 11.2. The van der Waals surface area contributed by atoms with Gasteiger partial charge in [-0.3, -0.25) is 0 Å². The first-order valence-electron chi connectivity index (χ1n) is 16.7. The first-order valence-corrected chi connectivity index (χ1v) is 16.7. The zero-order chi connectivity index (χ0) is 26.2. The fourth-order valence-electron chi connectivity index (χ4n) is 5.17. The average Bonchev–Trinajstić information content (AvgIpc) is 2.88. The fourth-order valence-corrected chi connectivity index (χ4v) is 5.17. The highest BCUT2D eigenvalue weighted by Gasteiger charge is 1.99. The summed E-state index contributed by atoms with van der Waals surface area (Å²) in [6, 6.07) is 0. The number of hydrogen-bond donors (Lipinski definition) is 1. The molecule has 3 heteroatoms. The van der Waals surface area contributed by atoms with Crippen LogP contribution in [-0.4, -0.2) is 19.2 Å². The van der Waals surface area contributed by atoms with Gasteiger partial charge in [0.15, 0.2) is 0 Å².